The molecule has 3 aromatic carbocycles. The number of benzene rings is 3. The molecule has 0 spiro atoms. The lowest BCUT2D eigenvalue weighted by Gasteiger charge is -2.14. The van der Waals surface area contributed by atoms with E-state index in [1.807, 2.05) is 0 Å². The molecule has 6 nitrogen and oxygen atoms in total. The molecule has 9 heteroatoms. The lowest BCUT2D eigenvalue weighted by molar-refractivity contribution is -0.118. The van der Waals surface area contributed by atoms with Gasteiger partial charge in [0, 0.05) is 10.0 Å². The van der Waals surface area contributed by atoms with Crippen LogP contribution in [0.25, 0.3) is 0 Å². The van der Waals surface area contributed by atoms with Crippen molar-refractivity contribution in [2.24, 2.45) is 0 Å². The summed E-state index contributed by atoms with van der Waals surface area (Å²) in [6, 6.07) is 18.8. The van der Waals surface area contributed by atoms with E-state index in [-0.39, 0.29) is 17.2 Å². The fourth-order valence-corrected chi connectivity index (χ4v) is 3.70. The largest absolute Gasteiger partial charge is 0.484 e. The van der Waals surface area contributed by atoms with Gasteiger partial charge in [-0.05, 0) is 60.7 Å². The number of sulfonamides is 1. The fraction of sp³-hybridized carbons (Fsp3) is 0.0500. The Balaban J connectivity index is 1.69. The Kier molecular flexibility index (Phi) is 6.64. The minimum atomic E-state index is -3.85. The SMILES string of the molecule is O=C(COc1ccc(Cl)cc1)Nc1ccccc1NS(=O)(=O)c1ccc(Cl)cc1. The minimum Gasteiger partial charge on any atom is -0.484 e. The second kappa shape index (κ2) is 9.17. The third-order valence-corrected chi connectivity index (χ3v) is 5.64. The molecule has 0 aliphatic carbocycles. The smallest absolute Gasteiger partial charge is 0.262 e. The molecule has 0 bridgehead atoms. The number of amides is 1. The van der Waals surface area contributed by atoms with Gasteiger partial charge in [-0.25, -0.2) is 8.42 Å². The Morgan fingerprint density at radius 2 is 1.38 bits per heavy atom. The van der Waals surface area contributed by atoms with Crippen LogP contribution >= 0.6 is 23.2 Å². The van der Waals surface area contributed by atoms with Gasteiger partial charge in [-0.2, -0.15) is 0 Å². The van der Waals surface area contributed by atoms with Crippen molar-refractivity contribution >= 4 is 50.5 Å². The summed E-state index contributed by atoms with van der Waals surface area (Å²) in [7, 11) is -3.85. The van der Waals surface area contributed by atoms with E-state index in [1.165, 1.54) is 24.3 Å². The van der Waals surface area contributed by atoms with Crippen LogP contribution in [0.1, 0.15) is 0 Å². The number of carbonyl (C=O) groups is 1. The molecule has 1 amide bonds. The van der Waals surface area contributed by atoms with Crippen molar-refractivity contribution in [2.75, 3.05) is 16.6 Å². The normalized spacial score (nSPS) is 11.0. The molecule has 0 unspecified atom stereocenters. The van der Waals surface area contributed by atoms with Crippen molar-refractivity contribution in [3.63, 3.8) is 0 Å². The van der Waals surface area contributed by atoms with Crippen LogP contribution in [0, 0.1) is 0 Å². The van der Waals surface area contributed by atoms with Gasteiger partial charge < -0.3 is 10.1 Å². The van der Waals surface area contributed by atoms with Crippen molar-refractivity contribution in [3.05, 3.63) is 82.8 Å². The number of hydrogen-bond donors (Lipinski definition) is 2. The highest BCUT2D eigenvalue weighted by molar-refractivity contribution is 7.92. The van der Waals surface area contributed by atoms with Crippen molar-refractivity contribution in [1.82, 2.24) is 0 Å². The van der Waals surface area contributed by atoms with Gasteiger partial charge in [-0.15, -0.1) is 0 Å². The molecule has 0 aliphatic rings. The first kappa shape index (κ1) is 21.0. The molecule has 0 atom stereocenters. The van der Waals surface area contributed by atoms with Crippen molar-refractivity contribution in [2.45, 2.75) is 4.90 Å². The molecular formula is C20H16Cl2N2O4S. The molecule has 0 saturated carbocycles. The van der Waals surface area contributed by atoms with Gasteiger partial charge in [0.2, 0.25) is 0 Å². The maximum absolute atomic E-state index is 12.6. The molecule has 0 saturated heterocycles. The average molecular weight is 451 g/mol. The Morgan fingerprint density at radius 1 is 0.828 bits per heavy atom. The molecule has 0 aromatic heterocycles. The summed E-state index contributed by atoms with van der Waals surface area (Å²) in [6.45, 7) is -0.250. The first-order valence-corrected chi connectivity index (χ1v) is 10.6. The van der Waals surface area contributed by atoms with Crippen LogP contribution in [-0.4, -0.2) is 20.9 Å². The zero-order chi connectivity index (χ0) is 20.9. The van der Waals surface area contributed by atoms with Gasteiger partial charge >= 0.3 is 0 Å². The Labute approximate surface area is 178 Å². The second-order valence-corrected chi connectivity index (χ2v) is 8.45. The van der Waals surface area contributed by atoms with Crippen molar-refractivity contribution in [1.29, 1.82) is 0 Å². The zero-order valence-corrected chi connectivity index (χ0v) is 17.3. The summed E-state index contributed by atoms with van der Waals surface area (Å²) in [5.74, 6) is 0.0411. The third-order valence-electron chi connectivity index (χ3n) is 3.75. The topological polar surface area (TPSA) is 84.5 Å². The van der Waals surface area contributed by atoms with Gasteiger partial charge in [0.1, 0.15) is 5.75 Å². The summed E-state index contributed by atoms with van der Waals surface area (Å²) >= 11 is 11.6. The molecule has 0 fully saturated rings. The number of para-hydroxylation sites is 2. The van der Waals surface area contributed by atoms with E-state index in [1.54, 1.807) is 48.5 Å². The van der Waals surface area contributed by atoms with Crippen LogP contribution in [0.4, 0.5) is 11.4 Å². The van der Waals surface area contributed by atoms with Gasteiger partial charge in [-0.1, -0.05) is 35.3 Å². The molecule has 150 valence electrons. The molecule has 0 heterocycles. The summed E-state index contributed by atoms with van der Waals surface area (Å²) < 4.78 is 33.0. The highest BCUT2D eigenvalue weighted by atomic mass is 35.5. The first-order chi connectivity index (χ1) is 13.8. The number of hydrogen-bond acceptors (Lipinski definition) is 4. The molecular weight excluding hydrogens is 435 g/mol. The number of nitrogens with one attached hydrogen (secondary N) is 2. The Bertz CT molecular complexity index is 1100. The van der Waals surface area contributed by atoms with E-state index in [0.29, 0.717) is 21.5 Å². The lowest BCUT2D eigenvalue weighted by Crippen LogP contribution is -2.21. The summed E-state index contributed by atoms with van der Waals surface area (Å²) in [5, 5.41) is 3.62. The number of halogens is 2. The van der Waals surface area contributed by atoms with Crippen LogP contribution in [0.15, 0.2) is 77.7 Å². The molecule has 29 heavy (non-hydrogen) atoms. The quantitative estimate of drug-likeness (QED) is 0.540. The molecule has 0 aliphatic heterocycles. The maximum Gasteiger partial charge on any atom is 0.262 e. The van der Waals surface area contributed by atoms with E-state index >= 15 is 0 Å². The van der Waals surface area contributed by atoms with E-state index < -0.39 is 15.9 Å². The fourth-order valence-electron chi connectivity index (χ4n) is 2.36. The highest BCUT2D eigenvalue weighted by Crippen LogP contribution is 2.25. The van der Waals surface area contributed by atoms with Crippen LogP contribution < -0.4 is 14.8 Å². The van der Waals surface area contributed by atoms with Crippen LogP contribution in [0.5, 0.6) is 5.75 Å². The van der Waals surface area contributed by atoms with Crippen molar-refractivity contribution in [3.8, 4) is 5.75 Å². The highest BCUT2D eigenvalue weighted by Gasteiger charge is 2.17. The number of rotatable bonds is 7. The van der Waals surface area contributed by atoms with E-state index in [4.69, 9.17) is 27.9 Å². The maximum atomic E-state index is 12.6. The summed E-state index contributed by atoms with van der Waals surface area (Å²) in [6.07, 6.45) is 0. The Hall–Kier alpha value is -2.74. The summed E-state index contributed by atoms with van der Waals surface area (Å²) in [4.78, 5) is 12.3. The molecule has 3 aromatic rings. The molecule has 0 radical (unpaired) electrons. The van der Waals surface area contributed by atoms with Gasteiger partial charge in [0.25, 0.3) is 15.9 Å². The predicted molar refractivity (Wildman–Crippen MR) is 114 cm³/mol. The molecule has 3 rings (SSSR count). The lowest BCUT2D eigenvalue weighted by atomic mass is 10.2. The number of ether oxygens (including phenoxy) is 1. The zero-order valence-electron chi connectivity index (χ0n) is 14.9. The monoisotopic (exact) mass is 450 g/mol. The number of carbonyl (C=O) groups excluding carboxylic acids is 1. The van der Waals surface area contributed by atoms with Gasteiger partial charge in [0.05, 0.1) is 16.3 Å². The Morgan fingerprint density at radius 3 is 2.00 bits per heavy atom. The average Bonchev–Trinajstić information content (AvgIpc) is 2.69. The van der Waals surface area contributed by atoms with Crippen LogP contribution in [0.3, 0.4) is 0 Å². The van der Waals surface area contributed by atoms with Crippen LogP contribution in [0.2, 0.25) is 10.0 Å². The number of anilines is 2. The second-order valence-electron chi connectivity index (χ2n) is 5.90. The minimum absolute atomic E-state index is 0.0501. The summed E-state index contributed by atoms with van der Waals surface area (Å²) in [5.41, 5.74) is 0.525. The molecule has 2 N–H and O–H groups in total. The van der Waals surface area contributed by atoms with E-state index in [9.17, 15) is 13.2 Å². The van der Waals surface area contributed by atoms with Crippen LogP contribution in [-0.2, 0) is 14.8 Å². The standard InChI is InChI=1S/C20H16Cl2N2O4S/c21-14-5-9-16(10-6-14)28-13-20(25)23-18-3-1-2-4-19(18)24-29(26,27)17-11-7-15(22)8-12-17/h1-12,24H,13H2,(H,23,25). The predicted octanol–water partition coefficient (Wildman–Crippen LogP) is 4.81. The van der Waals surface area contributed by atoms with E-state index in [2.05, 4.69) is 10.0 Å². The van der Waals surface area contributed by atoms with Crippen molar-refractivity contribution < 1.29 is 17.9 Å². The third kappa shape index (κ3) is 5.87. The van der Waals surface area contributed by atoms with Gasteiger partial charge in [0.15, 0.2) is 6.61 Å². The van der Waals surface area contributed by atoms with E-state index in [0.717, 1.165) is 0 Å². The first-order valence-electron chi connectivity index (χ1n) is 8.39. The van der Waals surface area contributed by atoms with Gasteiger partial charge in [-0.3, -0.25) is 9.52 Å².